The smallest absolute Gasteiger partial charge is 0.306 e. The quantitative estimate of drug-likeness (QED) is 0.318. The summed E-state index contributed by atoms with van der Waals surface area (Å²) < 4.78 is 6.81. The minimum absolute atomic E-state index is 0.00123. The second-order valence-electron chi connectivity index (χ2n) is 9.69. The van der Waals surface area contributed by atoms with Crippen molar-refractivity contribution in [3.05, 3.63) is 77.1 Å². The van der Waals surface area contributed by atoms with Crippen molar-refractivity contribution < 1.29 is 18.8 Å². The van der Waals surface area contributed by atoms with Crippen LogP contribution in [0, 0.1) is 16.7 Å². The number of carbonyl (C=O) groups excluding carboxylic acids is 3. The third-order valence-electron chi connectivity index (χ3n) is 5.78. The molecule has 0 radical (unpaired) electrons. The minimum atomic E-state index is -0.934. The Bertz CT molecular complexity index is 1540. The van der Waals surface area contributed by atoms with E-state index in [0.717, 1.165) is 11.1 Å². The summed E-state index contributed by atoms with van der Waals surface area (Å²) in [6.45, 7) is 5.69. The lowest BCUT2D eigenvalue weighted by atomic mass is 9.86. The molecular formula is C26H26N8O4. The van der Waals surface area contributed by atoms with Gasteiger partial charge in [0.05, 0.1) is 30.2 Å². The van der Waals surface area contributed by atoms with Crippen LogP contribution in [0.1, 0.15) is 59.0 Å². The van der Waals surface area contributed by atoms with Crippen molar-refractivity contribution in [2.75, 3.05) is 0 Å². The lowest BCUT2D eigenvalue weighted by Crippen LogP contribution is -2.53. The maximum absolute atomic E-state index is 13.4. The fraction of sp³-hybridized carbons (Fsp3) is 0.269. The van der Waals surface area contributed by atoms with Gasteiger partial charge >= 0.3 is 11.8 Å². The molecule has 0 aliphatic carbocycles. The van der Waals surface area contributed by atoms with E-state index >= 15 is 0 Å². The lowest BCUT2D eigenvalue weighted by Gasteiger charge is -2.30. The van der Waals surface area contributed by atoms with E-state index < -0.39 is 29.2 Å². The number of aromatic nitrogens is 4. The molecule has 4 rings (SSSR count). The van der Waals surface area contributed by atoms with Gasteiger partial charge in [-0.15, -0.1) is 10.2 Å². The molecule has 0 saturated carbocycles. The van der Waals surface area contributed by atoms with Gasteiger partial charge in [0, 0.05) is 5.39 Å². The molecule has 38 heavy (non-hydrogen) atoms. The fourth-order valence-electron chi connectivity index (χ4n) is 3.84. The Morgan fingerprint density at radius 2 is 1.82 bits per heavy atom. The molecule has 12 heteroatoms. The predicted octanol–water partition coefficient (Wildman–Crippen LogP) is 1.90. The average molecular weight is 515 g/mol. The van der Waals surface area contributed by atoms with Crippen LogP contribution in [0.15, 0.2) is 52.9 Å². The molecule has 4 N–H and O–H groups in total. The molecule has 1 atom stereocenters. The highest BCUT2D eigenvalue weighted by Crippen LogP contribution is 2.23. The van der Waals surface area contributed by atoms with Crippen LogP contribution in [-0.4, -0.2) is 43.7 Å². The number of nitrogens with one attached hydrogen (secondary N) is 2. The van der Waals surface area contributed by atoms with Crippen molar-refractivity contribution in [1.82, 2.24) is 30.6 Å². The van der Waals surface area contributed by atoms with E-state index in [2.05, 4.69) is 32.0 Å². The Labute approximate surface area is 217 Å². The van der Waals surface area contributed by atoms with Crippen molar-refractivity contribution in [2.45, 2.75) is 39.9 Å². The largest absolute Gasteiger partial charge is 0.415 e. The van der Waals surface area contributed by atoms with Crippen molar-refractivity contribution >= 4 is 28.6 Å². The van der Waals surface area contributed by atoms with Gasteiger partial charge in [-0.05, 0) is 29.2 Å². The molecule has 12 nitrogen and oxygen atoms in total. The first-order valence-corrected chi connectivity index (χ1v) is 11.7. The number of nitrogens with two attached hydrogens (primary N) is 1. The zero-order valence-corrected chi connectivity index (χ0v) is 21.1. The molecule has 0 bridgehead atoms. The monoisotopic (exact) mass is 514 g/mol. The number of rotatable bonds is 8. The first-order chi connectivity index (χ1) is 18.1. The van der Waals surface area contributed by atoms with Gasteiger partial charge < -0.3 is 20.8 Å². The highest BCUT2D eigenvalue weighted by molar-refractivity contribution is 6.06. The van der Waals surface area contributed by atoms with E-state index in [1.165, 1.54) is 0 Å². The highest BCUT2D eigenvalue weighted by Gasteiger charge is 2.34. The van der Waals surface area contributed by atoms with Crippen LogP contribution in [0.5, 0.6) is 0 Å². The molecule has 2 aromatic carbocycles. The van der Waals surface area contributed by atoms with E-state index in [1.54, 1.807) is 22.9 Å². The van der Waals surface area contributed by atoms with Crippen LogP contribution in [0.3, 0.4) is 0 Å². The van der Waals surface area contributed by atoms with Gasteiger partial charge in [-0.25, -0.2) is 0 Å². The van der Waals surface area contributed by atoms with Crippen molar-refractivity contribution in [1.29, 1.82) is 5.26 Å². The van der Waals surface area contributed by atoms with Crippen LogP contribution < -0.4 is 16.4 Å². The number of benzene rings is 2. The average Bonchev–Trinajstić information content (AvgIpc) is 3.51. The highest BCUT2D eigenvalue weighted by atomic mass is 16.4. The Morgan fingerprint density at radius 1 is 1.11 bits per heavy atom. The molecule has 0 aliphatic rings. The number of nitrogens with zero attached hydrogens (tertiary/aromatic N) is 5. The van der Waals surface area contributed by atoms with Gasteiger partial charge in [0.15, 0.2) is 5.69 Å². The summed E-state index contributed by atoms with van der Waals surface area (Å²) in [6, 6.07) is 15.6. The molecule has 2 aromatic heterocycles. The topological polar surface area (TPSA) is 182 Å². The van der Waals surface area contributed by atoms with Crippen molar-refractivity contribution in [3.8, 4) is 6.07 Å². The van der Waals surface area contributed by atoms with Gasteiger partial charge in [-0.1, -0.05) is 51.1 Å². The number of hydrogen-bond donors (Lipinski definition) is 3. The Morgan fingerprint density at radius 3 is 2.45 bits per heavy atom. The molecule has 194 valence electrons. The maximum atomic E-state index is 13.4. The van der Waals surface area contributed by atoms with Crippen molar-refractivity contribution in [3.63, 3.8) is 0 Å². The molecule has 0 unspecified atom stereocenters. The van der Waals surface area contributed by atoms with E-state index in [9.17, 15) is 14.4 Å². The SMILES string of the molecule is CC(C)(C)[C@H](NC(=O)c1nn(Cc2ccc(C#N)cc2)c2ccccc12)C(=O)NCc1nnc(C(N)=O)o1. The summed E-state index contributed by atoms with van der Waals surface area (Å²) in [6.07, 6.45) is 0. The standard InChI is InChI=1S/C26H26N8O4/c1-26(2,3)21(24(37)29-13-19-31-32-25(38-19)22(28)35)30-23(36)20-17-6-4-5-7-18(17)34(33-20)14-16-10-8-15(12-27)9-11-16/h4-11,21H,13-14H2,1-3H3,(H2,28,35)(H,29,37)(H,30,36)/t21-/m1/s1. The number of hydrogen-bond acceptors (Lipinski definition) is 8. The van der Waals surface area contributed by atoms with Gasteiger partial charge in [-0.2, -0.15) is 10.4 Å². The van der Waals surface area contributed by atoms with Gasteiger partial charge in [-0.3, -0.25) is 19.1 Å². The summed E-state index contributed by atoms with van der Waals surface area (Å²) in [5.41, 5.74) is 6.84. The minimum Gasteiger partial charge on any atom is -0.415 e. The van der Waals surface area contributed by atoms with Gasteiger partial charge in [0.25, 0.3) is 5.91 Å². The van der Waals surface area contributed by atoms with Crippen LogP contribution in [-0.2, 0) is 17.9 Å². The second kappa shape index (κ2) is 10.5. The van der Waals surface area contributed by atoms with Gasteiger partial charge in [0.2, 0.25) is 11.8 Å². The zero-order valence-electron chi connectivity index (χ0n) is 21.1. The number of amides is 3. The normalized spacial score (nSPS) is 12.1. The van der Waals surface area contributed by atoms with Crippen LogP contribution in [0.2, 0.25) is 0 Å². The fourth-order valence-corrected chi connectivity index (χ4v) is 3.84. The second-order valence-corrected chi connectivity index (χ2v) is 9.69. The van der Waals surface area contributed by atoms with Crippen molar-refractivity contribution in [2.24, 2.45) is 11.1 Å². The number of fused-ring (bicyclic) bond motifs is 1. The van der Waals surface area contributed by atoms with E-state index in [4.69, 9.17) is 15.4 Å². The summed E-state index contributed by atoms with van der Waals surface area (Å²) >= 11 is 0. The first kappa shape index (κ1) is 26.0. The van der Waals surface area contributed by atoms with E-state index in [0.29, 0.717) is 17.5 Å². The Hall–Kier alpha value is -5.05. The molecule has 0 saturated heterocycles. The summed E-state index contributed by atoms with van der Waals surface area (Å²) in [4.78, 5) is 37.6. The summed E-state index contributed by atoms with van der Waals surface area (Å²) in [7, 11) is 0. The molecular weight excluding hydrogens is 488 g/mol. The zero-order chi connectivity index (χ0) is 27.4. The summed E-state index contributed by atoms with van der Waals surface area (Å²) in [5.74, 6) is -2.23. The first-order valence-electron chi connectivity index (χ1n) is 11.7. The predicted molar refractivity (Wildman–Crippen MR) is 135 cm³/mol. The molecule has 0 spiro atoms. The molecule has 0 fully saturated rings. The number of nitriles is 1. The Balaban J connectivity index is 1.54. The molecule has 3 amide bonds. The van der Waals surface area contributed by atoms with Crippen LogP contribution in [0.4, 0.5) is 0 Å². The molecule has 4 aromatic rings. The number of carbonyl (C=O) groups is 3. The van der Waals surface area contributed by atoms with Crippen LogP contribution in [0.25, 0.3) is 10.9 Å². The van der Waals surface area contributed by atoms with Gasteiger partial charge in [0.1, 0.15) is 6.04 Å². The number of para-hydroxylation sites is 1. The number of primary amides is 1. The summed E-state index contributed by atoms with van der Waals surface area (Å²) in [5, 5.41) is 26.9. The lowest BCUT2D eigenvalue weighted by molar-refractivity contribution is -0.125. The van der Waals surface area contributed by atoms with Crippen LogP contribution >= 0.6 is 0 Å². The maximum Gasteiger partial charge on any atom is 0.306 e. The third kappa shape index (κ3) is 5.67. The molecule has 2 heterocycles. The molecule has 0 aliphatic heterocycles. The third-order valence-corrected chi connectivity index (χ3v) is 5.78. The van der Waals surface area contributed by atoms with E-state index in [-0.39, 0.29) is 24.0 Å². The Kier molecular flexibility index (Phi) is 7.20. The van der Waals surface area contributed by atoms with E-state index in [1.807, 2.05) is 51.1 Å².